The van der Waals surface area contributed by atoms with Gasteiger partial charge >= 0.3 is 5.97 Å². The fourth-order valence-corrected chi connectivity index (χ4v) is 2.67. The van der Waals surface area contributed by atoms with Gasteiger partial charge in [-0.2, -0.15) is 0 Å². The van der Waals surface area contributed by atoms with Crippen LogP contribution in [0.15, 0.2) is 59.8 Å². The summed E-state index contributed by atoms with van der Waals surface area (Å²) >= 11 is 0. The number of oxime groups is 1. The lowest BCUT2D eigenvalue weighted by atomic mass is 9.93. The highest BCUT2D eigenvalue weighted by Crippen LogP contribution is 2.38. The molecule has 1 aliphatic rings. The molecule has 0 heterocycles. The first kappa shape index (κ1) is 12.6. The minimum Gasteiger partial charge on any atom is -0.318 e. The van der Waals surface area contributed by atoms with Crippen LogP contribution in [-0.2, 0) is 9.63 Å². The molecule has 3 nitrogen and oxygen atoms in total. The Morgan fingerprint density at radius 1 is 1.10 bits per heavy atom. The van der Waals surface area contributed by atoms with Gasteiger partial charge in [-0.1, -0.05) is 59.8 Å². The van der Waals surface area contributed by atoms with Crippen LogP contribution in [0.25, 0.3) is 0 Å². The summed E-state index contributed by atoms with van der Waals surface area (Å²) in [4.78, 5) is 15.8. The number of hydrogen-bond acceptors (Lipinski definition) is 3. The smallest absolute Gasteiger partial charge is 0.318 e. The topological polar surface area (TPSA) is 38.7 Å². The largest absolute Gasteiger partial charge is 0.331 e. The first-order valence-electron chi connectivity index (χ1n) is 6.64. The average molecular weight is 265 g/mol. The molecule has 0 aliphatic heterocycles. The van der Waals surface area contributed by atoms with Gasteiger partial charge in [0.2, 0.25) is 0 Å². The second kappa shape index (κ2) is 5.29. The molecule has 100 valence electrons. The zero-order valence-electron chi connectivity index (χ0n) is 11.2. The van der Waals surface area contributed by atoms with E-state index in [9.17, 15) is 4.79 Å². The number of benzene rings is 2. The molecule has 0 fully saturated rings. The van der Waals surface area contributed by atoms with Crippen molar-refractivity contribution in [3.05, 3.63) is 71.3 Å². The summed E-state index contributed by atoms with van der Waals surface area (Å²) in [6.45, 7) is 1.36. The van der Waals surface area contributed by atoms with Gasteiger partial charge in [0.1, 0.15) is 0 Å². The van der Waals surface area contributed by atoms with Crippen LogP contribution >= 0.6 is 0 Å². The molecule has 1 aliphatic carbocycles. The quantitative estimate of drug-likeness (QED) is 0.616. The molecule has 0 saturated heterocycles. The Balaban J connectivity index is 2.01. The highest BCUT2D eigenvalue weighted by atomic mass is 16.7. The summed E-state index contributed by atoms with van der Waals surface area (Å²) in [5, 5.41) is 4.01. The molecule has 0 bridgehead atoms. The van der Waals surface area contributed by atoms with Crippen molar-refractivity contribution in [1.82, 2.24) is 0 Å². The molecule has 2 aromatic carbocycles. The van der Waals surface area contributed by atoms with Crippen LogP contribution in [0, 0.1) is 0 Å². The number of rotatable bonds is 2. The molecule has 3 rings (SSSR count). The van der Waals surface area contributed by atoms with Gasteiger partial charge in [-0.3, -0.25) is 0 Å². The van der Waals surface area contributed by atoms with Crippen molar-refractivity contribution in [2.75, 3.05) is 0 Å². The van der Waals surface area contributed by atoms with Crippen LogP contribution in [0.1, 0.15) is 36.0 Å². The lowest BCUT2D eigenvalue weighted by Gasteiger charge is -2.10. The van der Waals surface area contributed by atoms with E-state index >= 15 is 0 Å². The van der Waals surface area contributed by atoms with Crippen molar-refractivity contribution >= 4 is 11.7 Å². The molecular formula is C17H15NO2. The summed E-state index contributed by atoms with van der Waals surface area (Å²) in [5.41, 5.74) is 4.41. The SMILES string of the molecule is CC(=O)ON=C1CC(c2ccccc2)c2ccccc21. The van der Waals surface area contributed by atoms with Crippen molar-refractivity contribution in [3.8, 4) is 0 Å². The van der Waals surface area contributed by atoms with Gasteiger partial charge in [0.25, 0.3) is 0 Å². The van der Waals surface area contributed by atoms with E-state index in [-0.39, 0.29) is 5.92 Å². The summed E-state index contributed by atoms with van der Waals surface area (Å²) in [6.07, 6.45) is 0.761. The van der Waals surface area contributed by atoms with Crippen LogP contribution < -0.4 is 0 Å². The van der Waals surface area contributed by atoms with Gasteiger partial charge < -0.3 is 4.84 Å². The number of carbonyl (C=O) groups excluding carboxylic acids is 1. The van der Waals surface area contributed by atoms with E-state index in [0.717, 1.165) is 17.7 Å². The fourth-order valence-electron chi connectivity index (χ4n) is 2.67. The monoisotopic (exact) mass is 265 g/mol. The Hall–Kier alpha value is -2.42. The maximum absolute atomic E-state index is 10.9. The maximum Gasteiger partial charge on any atom is 0.331 e. The fraction of sp³-hybridized carbons (Fsp3) is 0.176. The molecule has 0 N–H and O–H groups in total. The van der Waals surface area contributed by atoms with E-state index in [0.29, 0.717) is 0 Å². The van der Waals surface area contributed by atoms with E-state index in [4.69, 9.17) is 4.84 Å². The van der Waals surface area contributed by atoms with Gasteiger partial charge in [-0.05, 0) is 11.1 Å². The maximum atomic E-state index is 10.9. The Labute approximate surface area is 117 Å². The Kier molecular flexibility index (Phi) is 3.33. The van der Waals surface area contributed by atoms with Crippen LogP contribution in [0.3, 0.4) is 0 Å². The van der Waals surface area contributed by atoms with Crippen LogP contribution in [0.2, 0.25) is 0 Å². The Morgan fingerprint density at radius 2 is 1.80 bits per heavy atom. The third kappa shape index (κ3) is 2.35. The first-order valence-corrected chi connectivity index (χ1v) is 6.64. The lowest BCUT2D eigenvalue weighted by molar-refractivity contribution is -0.140. The molecular weight excluding hydrogens is 250 g/mol. The molecule has 0 amide bonds. The summed E-state index contributed by atoms with van der Waals surface area (Å²) in [5.74, 6) is -0.111. The summed E-state index contributed by atoms with van der Waals surface area (Å²) < 4.78 is 0. The van der Waals surface area contributed by atoms with Gasteiger partial charge in [0.15, 0.2) is 0 Å². The molecule has 2 aromatic rings. The number of fused-ring (bicyclic) bond motifs is 1. The van der Waals surface area contributed by atoms with Crippen molar-refractivity contribution in [3.63, 3.8) is 0 Å². The second-order valence-electron chi connectivity index (χ2n) is 4.88. The summed E-state index contributed by atoms with van der Waals surface area (Å²) in [6, 6.07) is 18.5. The molecule has 0 spiro atoms. The summed E-state index contributed by atoms with van der Waals surface area (Å²) in [7, 11) is 0. The zero-order valence-corrected chi connectivity index (χ0v) is 11.2. The number of nitrogens with zero attached hydrogens (tertiary/aromatic N) is 1. The molecule has 1 atom stereocenters. The van der Waals surface area contributed by atoms with Gasteiger partial charge in [0.05, 0.1) is 5.71 Å². The van der Waals surface area contributed by atoms with E-state index in [1.807, 2.05) is 36.4 Å². The third-order valence-corrected chi connectivity index (χ3v) is 3.53. The highest BCUT2D eigenvalue weighted by Gasteiger charge is 2.29. The number of carbonyl (C=O) groups is 1. The van der Waals surface area contributed by atoms with Gasteiger partial charge in [-0.25, -0.2) is 4.79 Å². The lowest BCUT2D eigenvalue weighted by Crippen LogP contribution is -2.00. The Morgan fingerprint density at radius 3 is 2.55 bits per heavy atom. The van der Waals surface area contributed by atoms with E-state index in [2.05, 4.69) is 23.4 Å². The number of hydrogen-bond donors (Lipinski definition) is 0. The minimum atomic E-state index is -0.391. The minimum absolute atomic E-state index is 0.279. The third-order valence-electron chi connectivity index (χ3n) is 3.53. The predicted molar refractivity (Wildman–Crippen MR) is 77.6 cm³/mol. The first-order chi connectivity index (χ1) is 9.75. The van der Waals surface area contributed by atoms with Crippen molar-refractivity contribution < 1.29 is 9.63 Å². The van der Waals surface area contributed by atoms with Crippen molar-refractivity contribution in [2.24, 2.45) is 5.16 Å². The molecule has 1 unspecified atom stereocenters. The second-order valence-corrected chi connectivity index (χ2v) is 4.88. The van der Waals surface area contributed by atoms with Gasteiger partial charge in [0, 0.05) is 24.8 Å². The Bertz CT molecular complexity index is 662. The molecule has 20 heavy (non-hydrogen) atoms. The van der Waals surface area contributed by atoms with E-state index < -0.39 is 5.97 Å². The zero-order chi connectivity index (χ0) is 13.9. The van der Waals surface area contributed by atoms with Crippen LogP contribution in [0.4, 0.5) is 0 Å². The van der Waals surface area contributed by atoms with Crippen molar-refractivity contribution in [2.45, 2.75) is 19.3 Å². The van der Waals surface area contributed by atoms with E-state index in [1.165, 1.54) is 18.1 Å². The van der Waals surface area contributed by atoms with Crippen molar-refractivity contribution in [1.29, 1.82) is 0 Å². The molecule has 0 aromatic heterocycles. The highest BCUT2D eigenvalue weighted by molar-refractivity contribution is 6.05. The molecule has 0 saturated carbocycles. The van der Waals surface area contributed by atoms with E-state index in [1.54, 1.807) is 0 Å². The molecule has 0 radical (unpaired) electrons. The average Bonchev–Trinajstić information content (AvgIpc) is 2.85. The standard InChI is InChI=1S/C17H15NO2/c1-12(19)20-18-17-11-16(13-7-3-2-4-8-13)14-9-5-6-10-15(14)17/h2-10,16H,11H2,1H3. The predicted octanol–water partition coefficient (Wildman–Crippen LogP) is 3.49. The van der Waals surface area contributed by atoms with Crippen LogP contribution in [0.5, 0.6) is 0 Å². The van der Waals surface area contributed by atoms with Gasteiger partial charge in [-0.15, -0.1) is 0 Å². The normalized spacial score (nSPS) is 18.9. The molecule has 3 heteroatoms. The van der Waals surface area contributed by atoms with Crippen LogP contribution in [-0.4, -0.2) is 11.7 Å².